The molecule has 11 heavy (non-hydrogen) atoms. The van der Waals surface area contributed by atoms with E-state index in [1.54, 1.807) is 6.07 Å². The first-order valence-electron chi connectivity index (χ1n) is 3.25. The molecule has 0 fully saturated rings. The van der Waals surface area contributed by atoms with E-state index in [9.17, 15) is 0 Å². The highest BCUT2D eigenvalue weighted by Crippen LogP contribution is 2.14. The highest BCUT2D eigenvalue weighted by atomic mass is 35.5. The number of aryl methyl sites for hydroxylation is 1. The van der Waals surface area contributed by atoms with E-state index in [-0.39, 0.29) is 6.61 Å². The molecule has 0 atom stereocenters. The Morgan fingerprint density at radius 1 is 1.45 bits per heavy atom. The zero-order valence-electron chi connectivity index (χ0n) is 6.17. The third-order valence-electron chi connectivity index (χ3n) is 1.33. The number of hydrogen-bond donors (Lipinski definition) is 1. The molecule has 2 nitrogen and oxygen atoms in total. The van der Waals surface area contributed by atoms with Crippen LogP contribution in [0.15, 0.2) is 18.2 Å². The van der Waals surface area contributed by atoms with E-state index < -0.39 is 0 Å². The summed E-state index contributed by atoms with van der Waals surface area (Å²) in [6, 6.07) is 5.51. The van der Waals surface area contributed by atoms with Crippen molar-refractivity contribution >= 4 is 11.6 Å². The molecule has 1 N–H and O–H groups in total. The second-order valence-corrected chi connectivity index (χ2v) is 2.85. The van der Waals surface area contributed by atoms with Crippen molar-refractivity contribution in [2.75, 3.05) is 0 Å². The van der Waals surface area contributed by atoms with Crippen LogP contribution in [0.2, 0.25) is 5.02 Å². The van der Waals surface area contributed by atoms with Crippen LogP contribution >= 0.6 is 11.6 Å². The molecule has 0 radical (unpaired) electrons. The van der Waals surface area contributed by atoms with Gasteiger partial charge in [0, 0.05) is 5.02 Å². The second-order valence-electron chi connectivity index (χ2n) is 2.41. The summed E-state index contributed by atoms with van der Waals surface area (Å²) in [4.78, 5) is 3.98. The molecule has 0 bridgehead atoms. The molecule has 0 aliphatic rings. The molecule has 3 heteroatoms. The minimum absolute atomic E-state index is 0.182. The Labute approximate surface area is 70.3 Å². The maximum absolute atomic E-state index is 8.16. The van der Waals surface area contributed by atoms with Crippen LogP contribution < -0.4 is 0 Å². The quantitative estimate of drug-likeness (QED) is 0.549. The van der Waals surface area contributed by atoms with Gasteiger partial charge in [-0.2, -0.15) is 0 Å². The lowest BCUT2D eigenvalue weighted by molar-refractivity contribution is -0.253. The van der Waals surface area contributed by atoms with E-state index in [0.717, 1.165) is 11.1 Å². The van der Waals surface area contributed by atoms with Crippen molar-refractivity contribution in [3.63, 3.8) is 0 Å². The van der Waals surface area contributed by atoms with Gasteiger partial charge < -0.3 is 0 Å². The van der Waals surface area contributed by atoms with Gasteiger partial charge in [-0.15, -0.1) is 0 Å². The third kappa shape index (κ3) is 2.50. The average molecular weight is 173 g/mol. The number of hydrogen-bond acceptors (Lipinski definition) is 2. The SMILES string of the molecule is Cc1cc(Cl)cc(COO)c1. The van der Waals surface area contributed by atoms with Crippen LogP contribution in [-0.4, -0.2) is 5.26 Å². The van der Waals surface area contributed by atoms with Crippen LogP contribution in [0, 0.1) is 6.92 Å². The van der Waals surface area contributed by atoms with Gasteiger partial charge in [0.15, 0.2) is 0 Å². The van der Waals surface area contributed by atoms with Crippen LogP contribution in [0.5, 0.6) is 0 Å². The first kappa shape index (κ1) is 8.53. The Morgan fingerprint density at radius 2 is 2.18 bits per heavy atom. The van der Waals surface area contributed by atoms with Crippen LogP contribution in [0.3, 0.4) is 0 Å². The van der Waals surface area contributed by atoms with Gasteiger partial charge in [-0.3, -0.25) is 5.26 Å². The van der Waals surface area contributed by atoms with E-state index in [4.69, 9.17) is 16.9 Å². The molecule has 0 aliphatic heterocycles. The van der Waals surface area contributed by atoms with Gasteiger partial charge in [-0.1, -0.05) is 17.7 Å². The van der Waals surface area contributed by atoms with Gasteiger partial charge in [0.2, 0.25) is 0 Å². The molecule has 0 amide bonds. The summed E-state index contributed by atoms with van der Waals surface area (Å²) in [7, 11) is 0. The maximum Gasteiger partial charge on any atom is 0.107 e. The predicted molar refractivity (Wildman–Crippen MR) is 43.6 cm³/mol. The highest BCUT2D eigenvalue weighted by Gasteiger charge is 1.95. The molecule has 0 saturated heterocycles. The maximum atomic E-state index is 8.16. The Bertz CT molecular complexity index is 228. The fourth-order valence-electron chi connectivity index (χ4n) is 0.970. The van der Waals surface area contributed by atoms with Gasteiger partial charge in [-0.05, 0) is 30.2 Å². The largest absolute Gasteiger partial charge is 0.251 e. The minimum Gasteiger partial charge on any atom is -0.251 e. The van der Waals surface area contributed by atoms with E-state index >= 15 is 0 Å². The summed E-state index contributed by atoms with van der Waals surface area (Å²) in [5, 5.41) is 8.82. The zero-order valence-corrected chi connectivity index (χ0v) is 6.93. The summed E-state index contributed by atoms with van der Waals surface area (Å²) in [5.74, 6) is 0. The van der Waals surface area contributed by atoms with Crippen molar-refractivity contribution in [3.8, 4) is 0 Å². The number of halogens is 1. The zero-order chi connectivity index (χ0) is 8.27. The van der Waals surface area contributed by atoms with Crippen molar-refractivity contribution < 1.29 is 10.1 Å². The van der Waals surface area contributed by atoms with Gasteiger partial charge in [0.1, 0.15) is 6.61 Å². The van der Waals surface area contributed by atoms with E-state index in [1.807, 2.05) is 19.1 Å². The van der Waals surface area contributed by atoms with Crippen molar-refractivity contribution in [3.05, 3.63) is 34.3 Å². The smallest absolute Gasteiger partial charge is 0.107 e. The van der Waals surface area contributed by atoms with Crippen LogP contribution in [0.1, 0.15) is 11.1 Å². The molecule has 60 valence electrons. The summed E-state index contributed by atoms with van der Waals surface area (Å²) < 4.78 is 0. The predicted octanol–water partition coefficient (Wildman–Crippen LogP) is 2.64. The Hall–Kier alpha value is -0.570. The molecular formula is C8H9ClO2. The molecule has 0 heterocycles. The van der Waals surface area contributed by atoms with Crippen molar-refractivity contribution in [2.45, 2.75) is 13.5 Å². The van der Waals surface area contributed by atoms with E-state index in [1.165, 1.54) is 0 Å². The highest BCUT2D eigenvalue weighted by molar-refractivity contribution is 6.30. The van der Waals surface area contributed by atoms with Crippen molar-refractivity contribution in [1.29, 1.82) is 0 Å². The summed E-state index contributed by atoms with van der Waals surface area (Å²) in [6.07, 6.45) is 0. The van der Waals surface area contributed by atoms with Gasteiger partial charge in [-0.25, -0.2) is 4.89 Å². The monoisotopic (exact) mass is 172 g/mol. The minimum atomic E-state index is 0.182. The van der Waals surface area contributed by atoms with E-state index in [0.29, 0.717) is 5.02 Å². The summed E-state index contributed by atoms with van der Waals surface area (Å²) in [6.45, 7) is 2.12. The van der Waals surface area contributed by atoms with Gasteiger partial charge in [0.05, 0.1) is 0 Å². The van der Waals surface area contributed by atoms with Crippen molar-refractivity contribution in [1.82, 2.24) is 0 Å². The van der Waals surface area contributed by atoms with Crippen molar-refractivity contribution in [2.24, 2.45) is 0 Å². The Balaban J connectivity index is 2.89. The van der Waals surface area contributed by atoms with Gasteiger partial charge in [0.25, 0.3) is 0 Å². The molecule has 1 aromatic carbocycles. The first-order chi connectivity index (χ1) is 5.22. The third-order valence-corrected chi connectivity index (χ3v) is 1.55. The molecule has 1 aromatic rings. The average Bonchev–Trinajstić information content (AvgIpc) is 1.85. The van der Waals surface area contributed by atoms with Crippen LogP contribution in [0.25, 0.3) is 0 Å². The molecular weight excluding hydrogens is 164 g/mol. The Kier molecular flexibility index (Phi) is 2.88. The Morgan fingerprint density at radius 3 is 2.73 bits per heavy atom. The topological polar surface area (TPSA) is 29.5 Å². The van der Waals surface area contributed by atoms with Crippen LogP contribution in [-0.2, 0) is 11.5 Å². The van der Waals surface area contributed by atoms with E-state index in [2.05, 4.69) is 4.89 Å². The normalized spacial score (nSPS) is 10.1. The van der Waals surface area contributed by atoms with Gasteiger partial charge >= 0.3 is 0 Å². The molecule has 0 unspecified atom stereocenters. The summed E-state index contributed by atoms with van der Waals surface area (Å²) in [5.41, 5.74) is 1.93. The lowest BCUT2D eigenvalue weighted by atomic mass is 10.1. The number of rotatable bonds is 2. The standard InChI is InChI=1S/C8H9ClO2/c1-6-2-7(5-11-10)4-8(9)3-6/h2-4,10H,5H2,1H3. The molecule has 0 aliphatic carbocycles. The fourth-order valence-corrected chi connectivity index (χ4v) is 1.28. The lowest BCUT2D eigenvalue weighted by Gasteiger charge is -2.00. The lowest BCUT2D eigenvalue weighted by Crippen LogP contribution is -1.88. The number of benzene rings is 1. The second kappa shape index (κ2) is 3.72. The fraction of sp³-hybridized carbons (Fsp3) is 0.250. The first-order valence-corrected chi connectivity index (χ1v) is 3.62. The molecule has 0 spiro atoms. The van der Waals surface area contributed by atoms with Crippen LogP contribution in [0.4, 0.5) is 0 Å². The summed E-state index contributed by atoms with van der Waals surface area (Å²) >= 11 is 5.75. The molecule has 1 rings (SSSR count). The molecule has 0 aromatic heterocycles. The molecule has 0 saturated carbocycles.